The summed E-state index contributed by atoms with van der Waals surface area (Å²) >= 11 is 0. The predicted octanol–water partition coefficient (Wildman–Crippen LogP) is 4.32. The van der Waals surface area contributed by atoms with E-state index in [2.05, 4.69) is 48.5 Å². The molecule has 2 aromatic rings. The lowest BCUT2D eigenvalue weighted by Crippen LogP contribution is -2.27. The van der Waals surface area contributed by atoms with Gasteiger partial charge in [-0.3, -0.25) is 4.79 Å². The molecule has 2 saturated carbocycles. The molecule has 0 saturated heterocycles. The van der Waals surface area contributed by atoms with E-state index >= 15 is 0 Å². The third kappa shape index (κ3) is 2.06. The van der Waals surface area contributed by atoms with Gasteiger partial charge in [0.2, 0.25) is 0 Å². The molecule has 106 valence electrons. The zero-order chi connectivity index (χ0) is 14.4. The first kappa shape index (κ1) is 12.6. The highest BCUT2D eigenvalue weighted by molar-refractivity contribution is 5.75. The van der Waals surface area contributed by atoms with Crippen LogP contribution in [0.25, 0.3) is 11.1 Å². The maximum absolute atomic E-state index is 11.0. The summed E-state index contributed by atoms with van der Waals surface area (Å²) in [5.41, 5.74) is 3.98. The van der Waals surface area contributed by atoms with Gasteiger partial charge in [-0.15, -0.1) is 0 Å². The Morgan fingerprint density at radius 1 is 0.905 bits per heavy atom. The van der Waals surface area contributed by atoms with Gasteiger partial charge >= 0.3 is 5.97 Å². The molecule has 0 amide bonds. The van der Waals surface area contributed by atoms with Gasteiger partial charge in [0.25, 0.3) is 0 Å². The lowest BCUT2D eigenvalue weighted by Gasteiger charge is -2.37. The highest BCUT2D eigenvalue weighted by Crippen LogP contribution is 2.70. The number of hydrogen-bond acceptors (Lipinski definition) is 1. The average molecular weight is 278 g/mol. The van der Waals surface area contributed by atoms with Crippen molar-refractivity contribution in [3.05, 3.63) is 60.2 Å². The molecule has 0 aliphatic heterocycles. The molecule has 1 N–H and O–H groups in total. The Morgan fingerprint density at radius 3 is 2.10 bits per heavy atom. The van der Waals surface area contributed by atoms with Crippen molar-refractivity contribution in [2.75, 3.05) is 0 Å². The SMILES string of the molecule is O=C(O)C1CC12CC(c1ccc(-c3ccccc3)cc1)C2. The predicted molar refractivity (Wildman–Crippen MR) is 82.0 cm³/mol. The van der Waals surface area contributed by atoms with Crippen LogP contribution >= 0.6 is 0 Å². The third-order valence-electron chi connectivity index (χ3n) is 5.28. The first-order valence-electron chi connectivity index (χ1n) is 7.56. The summed E-state index contributed by atoms with van der Waals surface area (Å²) in [5, 5.41) is 9.07. The Kier molecular flexibility index (Phi) is 2.68. The van der Waals surface area contributed by atoms with Gasteiger partial charge in [0, 0.05) is 0 Å². The van der Waals surface area contributed by atoms with Crippen molar-refractivity contribution < 1.29 is 9.90 Å². The number of hydrogen-bond donors (Lipinski definition) is 1. The second kappa shape index (κ2) is 4.45. The van der Waals surface area contributed by atoms with Crippen LogP contribution in [0.1, 0.15) is 30.7 Å². The quantitative estimate of drug-likeness (QED) is 0.907. The van der Waals surface area contributed by atoms with E-state index in [0.717, 1.165) is 19.3 Å². The van der Waals surface area contributed by atoms with Crippen LogP contribution in [-0.4, -0.2) is 11.1 Å². The molecule has 4 rings (SSSR count). The Balaban J connectivity index is 1.46. The van der Waals surface area contributed by atoms with Crippen LogP contribution in [0.3, 0.4) is 0 Å². The van der Waals surface area contributed by atoms with Crippen molar-refractivity contribution in [2.24, 2.45) is 11.3 Å². The summed E-state index contributed by atoms with van der Waals surface area (Å²) in [6, 6.07) is 19.1. The molecule has 1 atom stereocenters. The lowest BCUT2D eigenvalue weighted by atomic mass is 9.67. The van der Waals surface area contributed by atoms with E-state index in [4.69, 9.17) is 5.11 Å². The largest absolute Gasteiger partial charge is 0.481 e. The van der Waals surface area contributed by atoms with Gasteiger partial charge in [-0.25, -0.2) is 0 Å². The summed E-state index contributed by atoms with van der Waals surface area (Å²) in [7, 11) is 0. The number of aliphatic carboxylic acids is 1. The van der Waals surface area contributed by atoms with Gasteiger partial charge in [0.1, 0.15) is 0 Å². The molecule has 2 aliphatic rings. The van der Waals surface area contributed by atoms with Crippen molar-refractivity contribution in [1.82, 2.24) is 0 Å². The third-order valence-corrected chi connectivity index (χ3v) is 5.28. The molecule has 2 nitrogen and oxygen atoms in total. The highest BCUT2D eigenvalue weighted by Gasteiger charge is 2.64. The molecule has 2 heteroatoms. The highest BCUT2D eigenvalue weighted by atomic mass is 16.4. The summed E-state index contributed by atoms with van der Waals surface area (Å²) in [4.78, 5) is 11.0. The molecule has 2 aromatic carbocycles. The number of benzene rings is 2. The first-order chi connectivity index (χ1) is 10.2. The Morgan fingerprint density at radius 2 is 1.52 bits per heavy atom. The van der Waals surface area contributed by atoms with E-state index in [1.54, 1.807) is 0 Å². The monoisotopic (exact) mass is 278 g/mol. The fraction of sp³-hybridized carbons (Fsp3) is 0.316. The summed E-state index contributed by atoms with van der Waals surface area (Å²) in [5.74, 6) is -0.121. The van der Waals surface area contributed by atoms with Crippen molar-refractivity contribution in [1.29, 1.82) is 0 Å². The molecule has 21 heavy (non-hydrogen) atoms. The minimum Gasteiger partial charge on any atom is -0.481 e. The van der Waals surface area contributed by atoms with Crippen molar-refractivity contribution in [3.63, 3.8) is 0 Å². The maximum Gasteiger partial charge on any atom is 0.307 e. The van der Waals surface area contributed by atoms with Crippen LogP contribution in [0, 0.1) is 11.3 Å². The molecule has 1 spiro atoms. The molecule has 0 bridgehead atoms. The van der Waals surface area contributed by atoms with Gasteiger partial charge in [-0.2, -0.15) is 0 Å². The second-order valence-corrected chi connectivity index (χ2v) is 6.55. The first-order valence-corrected chi connectivity index (χ1v) is 7.56. The zero-order valence-electron chi connectivity index (χ0n) is 11.8. The summed E-state index contributed by atoms with van der Waals surface area (Å²) in [6.07, 6.45) is 2.99. The molecule has 2 aliphatic carbocycles. The van der Waals surface area contributed by atoms with Crippen molar-refractivity contribution in [3.8, 4) is 11.1 Å². The van der Waals surface area contributed by atoms with Crippen LogP contribution in [-0.2, 0) is 4.79 Å². The average Bonchev–Trinajstić information content (AvgIpc) is 3.23. The van der Waals surface area contributed by atoms with Gasteiger partial charge in [-0.1, -0.05) is 54.6 Å². The normalized spacial score (nSPS) is 29.9. The van der Waals surface area contributed by atoms with Crippen molar-refractivity contribution >= 4 is 5.97 Å². The van der Waals surface area contributed by atoms with Gasteiger partial charge < -0.3 is 5.11 Å². The van der Waals surface area contributed by atoms with Crippen LogP contribution < -0.4 is 0 Å². The zero-order valence-corrected chi connectivity index (χ0v) is 11.8. The van der Waals surface area contributed by atoms with Gasteiger partial charge in [0.15, 0.2) is 0 Å². The van der Waals surface area contributed by atoms with Crippen LogP contribution in [0.2, 0.25) is 0 Å². The molecular weight excluding hydrogens is 260 g/mol. The minimum atomic E-state index is -0.604. The molecule has 0 heterocycles. The molecule has 2 fully saturated rings. The second-order valence-electron chi connectivity index (χ2n) is 6.55. The Bertz CT molecular complexity index is 666. The van der Waals surface area contributed by atoms with E-state index in [9.17, 15) is 4.79 Å². The Hall–Kier alpha value is -2.09. The number of carbonyl (C=O) groups is 1. The lowest BCUT2D eigenvalue weighted by molar-refractivity contribution is -0.140. The summed E-state index contributed by atoms with van der Waals surface area (Å²) in [6.45, 7) is 0. The van der Waals surface area contributed by atoms with Crippen LogP contribution in [0.4, 0.5) is 0 Å². The van der Waals surface area contributed by atoms with Crippen LogP contribution in [0.5, 0.6) is 0 Å². The van der Waals surface area contributed by atoms with Gasteiger partial charge in [0.05, 0.1) is 5.92 Å². The minimum absolute atomic E-state index is 0.0719. The smallest absolute Gasteiger partial charge is 0.307 e. The topological polar surface area (TPSA) is 37.3 Å². The van der Waals surface area contributed by atoms with Gasteiger partial charge in [-0.05, 0) is 47.3 Å². The molecule has 0 aromatic heterocycles. The van der Waals surface area contributed by atoms with E-state index in [-0.39, 0.29) is 11.3 Å². The molecule has 1 unspecified atom stereocenters. The Labute approximate surface area is 124 Å². The number of rotatable bonds is 3. The summed E-state index contributed by atoms with van der Waals surface area (Å²) < 4.78 is 0. The maximum atomic E-state index is 11.0. The number of carboxylic acids is 1. The molecule has 0 radical (unpaired) electrons. The van der Waals surface area contributed by atoms with Crippen molar-refractivity contribution in [2.45, 2.75) is 25.2 Å². The van der Waals surface area contributed by atoms with Crippen LogP contribution in [0.15, 0.2) is 54.6 Å². The van der Waals surface area contributed by atoms with E-state index < -0.39 is 5.97 Å². The fourth-order valence-corrected chi connectivity index (χ4v) is 3.88. The number of carboxylic acid groups (broad SMARTS) is 1. The van der Waals surface area contributed by atoms with E-state index in [1.165, 1.54) is 16.7 Å². The van der Waals surface area contributed by atoms with E-state index in [0.29, 0.717) is 5.92 Å². The van der Waals surface area contributed by atoms with E-state index in [1.807, 2.05) is 6.07 Å². The standard InChI is InChI=1S/C19H18O2/c20-18(21)17-12-19(17)10-16(11-19)15-8-6-14(7-9-15)13-4-2-1-3-5-13/h1-9,16-17H,10-12H2,(H,20,21). The molecular formula is C19H18O2. The fourth-order valence-electron chi connectivity index (χ4n) is 3.88.